The lowest BCUT2D eigenvalue weighted by Gasteiger charge is -2.27. The molecule has 1 saturated carbocycles. The maximum Gasteiger partial charge on any atom is 0.169 e. The van der Waals surface area contributed by atoms with E-state index in [1.54, 1.807) is 0 Å². The Morgan fingerprint density at radius 2 is 2.28 bits per heavy atom. The number of hydrogen-bond donors (Lipinski definition) is 1. The Balaban J connectivity index is 1.68. The number of nitrogens with one attached hydrogen (secondary N) is 1. The molecule has 1 N–H and O–H groups in total. The molecular weight excluding hydrogens is 290 g/mol. The summed E-state index contributed by atoms with van der Waals surface area (Å²) >= 11 is 3.34. The molecule has 1 heterocycles. The van der Waals surface area contributed by atoms with Crippen molar-refractivity contribution in [3.8, 4) is 0 Å². The highest BCUT2D eigenvalue weighted by Crippen LogP contribution is 2.30. The van der Waals surface area contributed by atoms with Crippen molar-refractivity contribution in [2.45, 2.75) is 52.0 Å². The predicted octanol–water partition coefficient (Wildman–Crippen LogP) is 4.91. The van der Waals surface area contributed by atoms with Crippen molar-refractivity contribution in [1.29, 1.82) is 0 Å². The molecule has 18 heavy (non-hydrogen) atoms. The quantitative estimate of drug-likeness (QED) is 0.835. The zero-order valence-electron chi connectivity index (χ0n) is 11.4. The van der Waals surface area contributed by atoms with E-state index in [1.165, 1.54) is 32.1 Å². The molecule has 0 spiro atoms. The van der Waals surface area contributed by atoms with Crippen molar-refractivity contribution in [2.24, 2.45) is 11.8 Å². The molecule has 3 atom stereocenters. The zero-order chi connectivity index (χ0) is 13.0. The molecule has 2 rings (SSSR count). The molecule has 0 amide bonds. The maximum atomic E-state index is 5.56. The summed E-state index contributed by atoms with van der Waals surface area (Å²) in [5.41, 5.74) is 0. The summed E-state index contributed by atoms with van der Waals surface area (Å²) in [6.07, 6.45) is 7.00. The normalized spacial score (nSPS) is 26.2. The Morgan fingerprint density at radius 3 is 2.94 bits per heavy atom. The molecule has 0 aromatic carbocycles. The van der Waals surface area contributed by atoms with Crippen LogP contribution in [-0.4, -0.2) is 6.54 Å². The van der Waals surface area contributed by atoms with E-state index in [-0.39, 0.29) is 0 Å². The molecule has 0 bridgehead atoms. The largest absolute Gasteiger partial charge is 0.453 e. The molecule has 0 saturated heterocycles. The topological polar surface area (TPSA) is 25.2 Å². The van der Waals surface area contributed by atoms with Crippen LogP contribution in [0.4, 0.5) is 0 Å². The van der Waals surface area contributed by atoms with Crippen LogP contribution >= 0.6 is 15.9 Å². The molecule has 102 valence electrons. The van der Waals surface area contributed by atoms with Gasteiger partial charge < -0.3 is 9.73 Å². The van der Waals surface area contributed by atoms with Gasteiger partial charge in [-0.25, -0.2) is 0 Å². The highest BCUT2D eigenvalue weighted by Gasteiger charge is 2.18. The first kappa shape index (κ1) is 14.1. The van der Waals surface area contributed by atoms with Gasteiger partial charge in [0.05, 0.1) is 6.04 Å². The molecule has 3 heteroatoms. The summed E-state index contributed by atoms with van der Waals surface area (Å²) in [5.74, 6) is 2.87. The summed E-state index contributed by atoms with van der Waals surface area (Å²) in [7, 11) is 0. The van der Waals surface area contributed by atoms with Crippen molar-refractivity contribution in [2.75, 3.05) is 6.54 Å². The van der Waals surface area contributed by atoms with E-state index in [0.717, 1.165) is 28.8 Å². The van der Waals surface area contributed by atoms with E-state index in [1.807, 2.05) is 12.1 Å². The van der Waals surface area contributed by atoms with Crippen molar-refractivity contribution in [1.82, 2.24) is 5.32 Å². The molecule has 1 aromatic heterocycles. The molecule has 1 aromatic rings. The van der Waals surface area contributed by atoms with Crippen LogP contribution in [0, 0.1) is 11.8 Å². The minimum atomic E-state index is 0.303. The second kappa shape index (κ2) is 6.76. The van der Waals surface area contributed by atoms with Crippen LogP contribution in [0.5, 0.6) is 0 Å². The van der Waals surface area contributed by atoms with Crippen LogP contribution < -0.4 is 5.32 Å². The number of rotatable bonds is 5. The van der Waals surface area contributed by atoms with E-state index in [4.69, 9.17) is 4.42 Å². The highest BCUT2D eigenvalue weighted by atomic mass is 79.9. The summed E-state index contributed by atoms with van der Waals surface area (Å²) in [6.45, 7) is 5.65. The zero-order valence-corrected chi connectivity index (χ0v) is 13.0. The van der Waals surface area contributed by atoms with Gasteiger partial charge in [-0.15, -0.1) is 0 Å². The number of hydrogen-bond acceptors (Lipinski definition) is 2. The Hall–Kier alpha value is -0.280. The molecule has 3 unspecified atom stereocenters. The number of halogens is 1. The van der Waals surface area contributed by atoms with Gasteiger partial charge in [0.2, 0.25) is 0 Å². The Kier molecular flexibility index (Phi) is 5.31. The van der Waals surface area contributed by atoms with Gasteiger partial charge in [0.25, 0.3) is 0 Å². The summed E-state index contributed by atoms with van der Waals surface area (Å²) < 4.78 is 6.37. The SMILES string of the molecule is CC1CCCC(CCNC(C)c2ccc(Br)o2)C1. The Morgan fingerprint density at radius 1 is 1.44 bits per heavy atom. The van der Waals surface area contributed by atoms with Crippen LogP contribution in [0.1, 0.15) is 57.8 Å². The van der Waals surface area contributed by atoms with E-state index in [2.05, 4.69) is 35.1 Å². The van der Waals surface area contributed by atoms with Gasteiger partial charge in [0, 0.05) is 0 Å². The van der Waals surface area contributed by atoms with Crippen LogP contribution in [0.25, 0.3) is 0 Å². The number of furan rings is 1. The third kappa shape index (κ3) is 4.13. The second-order valence-electron chi connectivity index (χ2n) is 5.74. The van der Waals surface area contributed by atoms with Crippen LogP contribution in [-0.2, 0) is 0 Å². The molecule has 1 aliphatic rings. The smallest absolute Gasteiger partial charge is 0.169 e. The second-order valence-corrected chi connectivity index (χ2v) is 6.53. The maximum absolute atomic E-state index is 5.56. The standard InChI is InChI=1S/C15H24BrNO/c1-11-4-3-5-13(10-11)8-9-17-12(2)14-6-7-15(16)18-14/h6-7,11-13,17H,3-5,8-10H2,1-2H3. The summed E-state index contributed by atoms with van der Waals surface area (Å²) in [6, 6.07) is 4.29. The third-order valence-electron chi connectivity index (χ3n) is 4.07. The van der Waals surface area contributed by atoms with Crippen LogP contribution in [0.2, 0.25) is 0 Å². The average Bonchev–Trinajstić information content (AvgIpc) is 2.76. The van der Waals surface area contributed by atoms with Crippen LogP contribution in [0.15, 0.2) is 21.2 Å². The summed E-state index contributed by atoms with van der Waals surface area (Å²) in [4.78, 5) is 0. The third-order valence-corrected chi connectivity index (χ3v) is 4.50. The molecule has 1 aliphatic carbocycles. The molecule has 0 aliphatic heterocycles. The van der Waals surface area contributed by atoms with E-state index in [9.17, 15) is 0 Å². The lowest BCUT2D eigenvalue weighted by molar-refractivity contribution is 0.264. The Labute approximate surface area is 119 Å². The fourth-order valence-electron chi connectivity index (χ4n) is 2.99. The monoisotopic (exact) mass is 313 g/mol. The average molecular weight is 314 g/mol. The van der Waals surface area contributed by atoms with E-state index in [0.29, 0.717) is 6.04 Å². The van der Waals surface area contributed by atoms with Crippen molar-refractivity contribution < 1.29 is 4.42 Å². The van der Waals surface area contributed by atoms with E-state index >= 15 is 0 Å². The van der Waals surface area contributed by atoms with Gasteiger partial charge >= 0.3 is 0 Å². The highest BCUT2D eigenvalue weighted by molar-refractivity contribution is 9.10. The van der Waals surface area contributed by atoms with Gasteiger partial charge in [-0.05, 0) is 66.2 Å². The fourth-order valence-corrected chi connectivity index (χ4v) is 3.31. The lowest BCUT2D eigenvalue weighted by Crippen LogP contribution is -2.23. The van der Waals surface area contributed by atoms with Gasteiger partial charge in [-0.1, -0.05) is 26.2 Å². The van der Waals surface area contributed by atoms with Gasteiger partial charge in [0.15, 0.2) is 4.67 Å². The minimum absolute atomic E-state index is 0.303. The minimum Gasteiger partial charge on any atom is -0.453 e. The fraction of sp³-hybridized carbons (Fsp3) is 0.733. The van der Waals surface area contributed by atoms with E-state index < -0.39 is 0 Å². The van der Waals surface area contributed by atoms with Crippen molar-refractivity contribution in [3.05, 3.63) is 22.6 Å². The van der Waals surface area contributed by atoms with Gasteiger partial charge in [0.1, 0.15) is 5.76 Å². The molecule has 2 nitrogen and oxygen atoms in total. The predicted molar refractivity (Wildman–Crippen MR) is 78.6 cm³/mol. The summed E-state index contributed by atoms with van der Waals surface area (Å²) in [5, 5.41) is 3.56. The molecular formula is C15H24BrNO. The lowest BCUT2D eigenvalue weighted by atomic mass is 9.81. The van der Waals surface area contributed by atoms with Gasteiger partial charge in [-0.3, -0.25) is 0 Å². The van der Waals surface area contributed by atoms with Crippen molar-refractivity contribution >= 4 is 15.9 Å². The van der Waals surface area contributed by atoms with Gasteiger partial charge in [-0.2, -0.15) is 0 Å². The Bertz CT molecular complexity index is 363. The first-order valence-electron chi connectivity index (χ1n) is 7.13. The van der Waals surface area contributed by atoms with Crippen molar-refractivity contribution in [3.63, 3.8) is 0 Å². The molecule has 0 radical (unpaired) electrons. The molecule has 1 fully saturated rings. The first-order valence-corrected chi connectivity index (χ1v) is 7.93. The first-order chi connectivity index (χ1) is 8.65. The van der Waals surface area contributed by atoms with Crippen LogP contribution in [0.3, 0.4) is 0 Å².